The summed E-state index contributed by atoms with van der Waals surface area (Å²) in [5.74, 6) is 0.178. The van der Waals surface area contributed by atoms with Gasteiger partial charge in [0.05, 0.1) is 17.1 Å². The zero-order chi connectivity index (χ0) is 14.0. The van der Waals surface area contributed by atoms with Crippen LogP contribution < -0.4 is 4.74 Å². The van der Waals surface area contributed by atoms with E-state index in [1.165, 1.54) is 13.2 Å². The van der Waals surface area contributed by atoms with E-state index in [0.29, 0.717) is 21.2 Å². The number of nitro benzene ring substituents is 1. The number of nitrogens with zero attached hydrogens (tertiary/aromatic N) is 1. The number of para-hydroxylation sites is 1. The van der Waals surface area contributed by atoms with Crippen molar-refractivity contribution in [3.05, 3.63) is 56.6 Å². The third-order valence-corrected chi connectivity index (χ3v) is 3.16. The Morgan fingerprint density at radius 2 is 1.89 bits per heavy atom. The highest BCUT2D eigenvalue weighted by Gasteiger charge is 2.20. The summed E-state index contributed by atoms with van der Waals surface area (Å²) < 4.78 is 5.14. The molecule has 2 aromatic rings. The molecule has 0 amide bonds. The lowest BCUT2D eigenvalue weighted by Gasteiger charge is -2.10. The van der Waals surface area contributed by atoms with E-state index in [9.17, 15) is 10.1 Å². The molecule has 0 bridgehead atoms. The molecule has 4 nitrogen and oxygen atoms in total. The molecule has 0 N–H and O–H groups in total. The molecule has 0 aliphatic heterocycles. The molecule has 19 heavy (non-hydrogen) atoms. The monoisotopic (exact) mass is 297 g/mol. The van der Waals surface area contributed by atoms with Crippen molar-refractivity contribution >= 4 is 28.9 Å². The molecular formula is C13H9Cl2NO3. The summed E-state index contributed by atoms with van der Waals surface area (Å²) >= 11 is 12.0. The van der Waals surface area contributed by atoms with Crippen LogP contribution in [0.15, 0.2) is 36.4 Å². The topological polar surface area (TPSA) is 52.4 Å². The number of rotatable bonds is 3. The number of methoxy groups -OCH3 is 1. The Morgan fingerprint density at radius 1 is 1.16 bits per heavy atom. The third-order valence-electron chi connectivity index (χ3n) is 2.62. The first-order chi connectivity index (χ1) is 9.04. The maximum absolute atomic E-state index is 11.0. The summed E-state index contributed by atoms with van der Waals surface area (Å²) in [4.78, 5) is 10.5. The van der Waals surface area contributed by atoms with Crippen LogP contribution in [0.4, 0.5) is 5.69 Å². The highest BCUT2D eigenvalue weighted by molar-refractivity contribution is 6.36. The van der Waals surface area contributed by atoms with Gasteiger partial charge in [0, 0.05) is 22.2 Å². The van der Waals surface area contributed by atoms with E-state index in [1.54, 1.807) is 30.3 Å². The van der Waals surface area contributed by atoms with Crippen LogP contribution in [0.5, 0.6) is 5.75 Å². The number of nitro groups is 1. The molecule has 0 saturated carbocycles. The fraction of sp³-hybridized carbons (Fsp3) is 0.0769. The highest BCUT2D eigenvalue weighted by Crippen LogP contribution is 2.40. The number of ether oxygens (including phenoxy) is 1. The van der Waals surface area contributed by atoms with E-state index in [-0.39, 0.29) is 11.4 Å². The minimum Gasteiger partial charge on any atom is -0.490 e. The second-order valence-electron chi connectivity index (χ2n) is 3.74. The Hall–Kier alpha value is -1.78. The largest absolute Gasteiger partial charge is 0.490 e. The van der Waals surface area contributed by atoms with Gasteiger partial charge in [0.2, 0.25) is 5.75 Å². The Balaban J connectivity index is 2.68. The van der Waals surface area contributed by atoms with Crippen molar-refractivity contribution in [2.75, 3.05) is 7.11 Å². The van der Waals surface area contributed by atoms with Crippen LogP contribution in [0.25, 0.3) is 11.1 Å². The van der Waals surface area contributed by atoms with Crippen molar-refractivity contribution in [3.8, 4) is 16.9 Å². The highest BCUT2D eigenvalue weighted by atomic mass is 35.5. The zero-order valence-corrected chi connectivity index (χ0v) is 11.4. The lowest BCUT2D eigenvalue weighted by atomic mass is 10.0. The van der Waals surface area contributed by atoms with Crippen molar-refractivity contribution < 1.29 is 9.66 Å². The first-order valence-corrected chi connectivity index (χ1v) is 6.07. The van der Waals surface area contributed by atoms with E-state index >= 15 is 0 Å². The van der Waals surface area contributed by atoms with Crippen molar-refractivity contribution in [1.82, 2.24) is 0 Å². The van der Waals surface area contributed by atoms with Crippen molar-refractivity contribution in [1.29, 1.82) is 0 Å². The van der Waals surface area contributed by atoms with E-state index in [2.05, 4.69) is 0 Å². The van der Waals surface area contributed by atoms with Gasteiger partial charge in [0.25, 0.3) is 0 Å². The van der Waals surface area contributed by atoms with Crippen LogP contribution in [-0.2, 0) is 0 Å². The van der Waals surface area contributed by atoms with Crippen LogP contribution >= 0.6 is 23.2 Å². The molecular weight excluding hydrogens is 289 g/mol. The van der Waals surface area contributed by atoms with Gasteiger partial charge < -0.3 is 4.74 Å². The molecule has 0 fully saturated rings. The number of halogens is 2. The van der Waals surface area contributed by atoms with E-state index in [4.69, 9.17) is 27.9 Å². The summed E-state index contributed by atoms with van der Waals surface area (Å²) in [5, 5.41) is 11.9. The lowest BCUT2D eigenvalue weighted by molar-refractivity contribution is -0.385. The Bertz CT molecular complexity index is 644. The van der Waals surface area contributed by atoms with Crippen molar-refractivity contribution in [3.63, 3.8) is 0 Å². The molecule has 2 rings (SSSR count). The van der Waals surface area contributed by atoms with Crippen molar-refractivity contribution in [2.24, 2.45) is 0 Å². The average molecular weight is 298 g/mol. The summed E-state index contributed by atoms with van der Waals surface area (Å²) in [6.45, 7) is 0. The molecule has 0 atom stereocenters. The van der Waals surface area contributed by atoms with Gasteiger partial charge in [-0.15, -0.1) is 0 Å². The van der Waals surface area contributed by atoms with E-state index in [0.717, 1.165) is 0 Å². The van der Waals surface area contributed by atoms with Gasteiger partial charge in [-0.2, -0.15) is 0 Å². The maximum Gasteiger partial charge on any atom is 0.311 e. The number of benzene rings is 2. The van der Waals surface area contributed by atoms with Gasteiger partial charge in [-0.1, -0.05) is 41.4 Å². The van der Waals surface area contributed by atoms with Crippen LogP contribution in [0.1, 0.15) is 0 Å². The zero-order valence-electron chi connectivity index (χ0n) is 9.89. The predicted molar refractivity (Wildman–Crippen MR) is 75.1 cm³/mol. The van der Waals surface area contributed by atoms with Crippen LogP contribution in [0.2, 0.25) is 10.0 Å². The maximum atomic E-state index is 11.0. The van der Waals surface area contributed by atoms with Crippen LogP contribution in [0, 0.1) is 10.1 Å². The number of hydrogen-bond acceptors (Lipinski definition) is 3. The molecule has 0 spiro atoms. The van der Waals surface area contributed by atoms with Crippen LogP contribution in [0.3, 0.4) is 0 Å². The Morgan fingerprint density at radius 3 is 2.47 bits per heavy atom. The van der Waals surface area contributed by atoms with Gasteiger partial charge in [0.15, 0.2) is 0 Å². The first-order valence-electron chi connectivity index (χ1n) is 5.31. The standard InChI is InChI=1S/C13H9Cl2NO3/c1-19-13-10(3-2-4-12(13)16(17)18)9-6-5-8(14)7-11(9)15/h2-7H,1H3. The number of hydrogen-bond donors (Lipinski definition) is 0. The molecule has 0 heterocycles. The Labute approximate surface area is 119 Å². The SMILES string of the molecule is COc1c(-c2ccc(Cl)cc2Cl)cccc1[N+](=O)[O-]. The quantitative estimate of drug-likeness (QED) is 0.615. The molecule has 0 unspecified atom stereocenters. The molecule has 6 heteroatoms. The summed E-state index contributed by atoms with van der Waals surface area (Å²) in [6, 6.07) is 9.62. The lowest BCUT2D eigenvalue weighted by Crippen LogP contribution is -1.96. The molecule has 2 aromatic carbocycles. The molecule has 0 radical (unpaired) electrons. The van der Waals surface area contributed by atoms with Gasteiger partial charge in [-0.25, -0.2) is 0 Å². The minimum atomic E-state index is -0.494. The van der Waals surface area contributed by atoms with E-state index in [1.807, 2.05) is 0 Å². The predicted octanol–water partition coefficient (Wildman–Crippen LogP) is 4.58. The third kappa shape index (κ3) is 2.64. The van der Waals surface area contributed by atoms with Gasteiger partial charge in [-0.05, 0) is 12.1 Å². The summed E-state index contributed by atoms with van der Waals surface area (Å²) in [5.41, 5.74) is 1.08. The second kappa shape index (κ2) is 5.47. The minimum absolute atomic E-state index is 0.106. The summed E-state index contributed by atoms with van der Waals surface area (Å²) in [7, 11) is 1.38. The van der Waals surface area contributed by atoms with Gasteiger partial charge >= 0.3 is 5.69 Å². The molecule has 0 saturated heterocycles. The molecule has 98 valence electrons. The first kappa shape index (κ1) is 13.6. The molecule has 0 aliphatic rings. The fourth-order valence-electron chi connectivity index (χ4n) is 1.80. The average Bonchev–Trinajstić information content (AvgIpc) is 2.37. The molecule has 0 aromatic heterocycles. The molecule has 0 aliphatic carbocycles. The second-order valence-corrected chi connectivity index (χ2v) is 4.58. The van der Waals surface area contributed by atoms with Crippen molar-refractivity contribution in [2.45, 2.75) is 0 Å². The fourth-order valence-corrected chi connectivity index (χ4v) is 2.31. The van der Waals surface area contributed by atoms with E-state index < -0.39 is 4.92 Å². The van der Waals surface area contributed by atoms with Gasteiger partial charge in [-0.3, -0.25) is 10.1 Å². The summed E-state index contributed by atoms with van der Waals surface area (Å²) in [6.07, 6.45) is 0. The van der Waals surface area contributed by atoms with Gasteiger partial charge in [0.1, 0.15) is 0 Å². The van der Waals surface area contributed by atoms with Crippen LogP contribution in [-0.4, -0.2) is 12.0 Å². The smallest absolute Gasteiger partial charge is 0.311 e. The Kier molecular flexibility index (Phi) is 3.93. The normalized spacial score (nSPS) is 10.3.